The summed E-state index contributed by atoms with van der Waals surface area (Å²) >= 11 is 5.99. The molecule has 1 fully saturated rings. The number of halogens is 1. The molecule has 0 saturated heterocycles. The van der Waals surface area contributed by atoms with Crippen molar-refractivity contribution in [1.29, 1.82) is 0 Å². The molecule has 0 radical (unpaired) electrons. The van der Waals surface area contributed by atoms with Crippen LogP contribution in [-0.2, 0) is 6.54 Å². The summed E-state index contributed by atoms with van der Waals surface area (Å²) in [5.74, 6) is 0. The molecule has 1 aliphatic carbocycles. The quantitative estimate of drug-likeness (QED) is 0.885. The van der Waals surface area contributed by atoms with Gasteiger partial charge in [-0.1, -0.05) is 36.6 Å². The van der Waals surface area contributed by atoms with Crippen LogP contribution in [-0.4, -0.2) is 24.0 Å². The van der Waals surface area contributed by atoms with Crippen LogP contribution in [0.25, 0.3) is 0 Å². The lowest BCUT2D eigenvalue weighted by Gasteiger charge is -2.26. The normalized spacial score (nSPS) is 18.4. The van der Waals surface area contributed by atoms with Gasteiger partial charge in [-0.2, -0.15) is 0 Å². The Morgan fingerprint density at radius 3 is 2.72 bits per heavy atom. The molecular weight excluding hydrogens is 244 g/mol. The summed E-state index contributed by atoms with van der Waals surface area (Å²) in [6.45, 7) is 2.00. The summed E-state index contributed by atoms with van der Waals surface area (Å²) in [5, 5.41) is 0.812. The fraction of sp³-hybridized carbons (Fsp3) is 0.600. The fourth-order valence-corrected chi connectivity index (χ4v) is 2.98. The third kappa shape index (κ3) is 3.98. The van der Waals surface area contributed by atoms with E-state index in [1.165, 1.54) is 31.2 Å². The molecule has 0 unspecified atom stereocenters. The van der Waals surface area contributed by atoms with E-state index in [9.17, 15) is 0 Å². The number of rotatable bonds is 5. The minimum Gasteiger partial charge on any atom is -0.325 e. The van der Waals surface area contributed by atoms with Crippen molar-refractivity contribution in [3.05, 3.63) is 34.9 Å². The average Bonchev–Trinajstić information content (AvgIpc) is 2.74. The molecule has 2 nitrogen and oxygen atoms in total. The lowest BCUT2D eigenvalue weighted by Crippen LogP contribution is -2.39. The Labute approximate surface area is 115 Å². The van der Waals surface area contributed by atoms with Crippen molar-refractivity contribution in [3.8, 4) is 0 Å². The molecule has 2 rings (SSSR count). The Kier molecular flexibility index (Phi) is 4.66. The Balaban J connectivity index is 1.80. The fourth-order valence-electron chi connectivity index (χ4n) is 2.77. The second-order valence-electron chi connectivity index (χ2n) is 5.69. The number of nitrogens with two attached hydrogens (primary N) is 1. The van der Waals surface area contributed by atoms with Crippen LogP contribution in [0, 0.1) is 0 Å². The molecule has 18 heavy (non-hydrogen) atoms. The minimum atomic E-state index is 0.0998. The van der Waals surface area contributed by atoms with Crippen LogP contribution >= 0.6 is 11.6 Å². The lowest BCUT2D eigenvalue weighted by atomic mass is 9.94. The van der Waals surface area contributed by atoms with E-state index in [2.05, 4.69) is 18.0 Å². The second-order valence-corrected chi connectivity index (χ2v) is 6.12. The highest BCUT2D eigenvalue weighted by Gasteiger charge is 2.28. The molecule has 0 atom stereocenters. The van der Waals surface area contributed by atoms with E-state index in [-0.39, 0.29) is 5.54 Å². The SMILES string of the molecule is CN(CCC1(N)CCCC1)Cc1cccc(Cl)c1. The standard InChI is InChI=1S/C15H23ClN2/c1-18(10-9-15(17)7-2-3-8-15)12-13-5-4-6-14(16)11-13/h4-6,11H,2-3,7-10,12,17H2,1H3. The molecular formula is C15H23ClN2. The number of hydrogen-bond acceptors (Lipinski definition) is 2. The van der Waals surface area contributed by atoms with Gasteiger partial charge in [-0.25, -0.2) is 0 Å². The summed E-state index contributed by atoms with van der Waals surface area (Å²) in [6, 6.07) is 8.08. The molecule has 0 spiro atoms. The van der Waals surface area contributed by atoms with Gasteiger partial charge in [-0.3, -0.25) is 0 Å². The van der Waals surface area contributed by atoms with Crippen LogP contribution < -0.4 is 5.73 Å². The maximum absolute atomic E-state index is 6.38. The van der Waals surface area contributed by atoms with E-state index in [1.54, 1.807) is 0 Å². The van der Waals surface area contributed by atoms with Crippen LogP contribution in [0.1, 0.15) is 37.7 Å². The molecule has 0 bridgehead atoms. The van der Waals surface area contributed by atoms with Gasteiger partial charge in [0.05, 0.1) is 0 Å². The van der Waals surface area contributed by atoms with Crippen LogP contribution in [0.2, 0.25) is 5.02 Å². The summed E-state index contributed by atoms with van der Waals surface area (Å²) in [4.78, 5) is 2.33. The zero-order chi connectivity index (χ0) is 13.0. The van der Waals surface area contributed by atoms with Crippen molar-refractivity contribution in [2.24, 2.45) is 5.73 Å². The van der Waals surface area contributed by atoms with Crippen molar-refractivity contribution in [3.63, 3.8) is 0 Å². The molecule has 0 amide bonds. The summed E-state index contributed by atoms with van der Waals surface area (Å²) < 4.78 is 0. The molecule has 0 aliphatic heterocycles. The Morgan fingerprint density at radius 2 is 2.06 bits per heavy atom. The zero-order valence-corrected chi connectivity index (χ0v) is 11.9. The largest absolute Gasteiger partial charge is 0.325 e. The summed E-state index contributed by atoms with van der Waals surface area (Å²) in [5.41, 5.74) is 7.74. The highest BCUT2D eigenvalue weighted by atomic mass is 35.5. The van der Waals surface area contributed by atoms with E-state index in [1.807, 2.05) is 18.2 Å². The summed E-state index contributed by atoms with van der Waals surface area (Å²) in [7, 11) is 2.15. The molecule has 0 aromatic heterocycles. The molecule has 1 aromatic carbocycles. The van der Waals surface area contributed by atoms with Crippen LogP contribution in [0.3, 0.4) is 0 Å². The van der Waals surface area contributed by atoms with Crippen molar-refractivity contribution in [2.45, 2.75) is 44.2 Å². The molecule has 2 N–H and O–H groups in total. The molecule has 3 heteroatoms. The van der Waals surface area contributed by atoms with Crippen molar-refractivity contribution >= 4 is 11.6 Å². The molecule has 1 aliphatic rings. The minimum absolute atomic E-state index is 0.0998. The van der Waals surface area contributed by atoms with Gasteiger partial charge in [0.2, 0.25) is 0 Å². The van der Waals surface area contributed by atoms with Crippen LogP contribution in [0.15, 0.2) is 24.3 Å². The van der Waals surface area contributed by atoms with Crippen molar-refractivity contribution in [2.75, 3.05) is 13.6 Å². The molecule has 1 aromatic rings. The second kappa shape index (κ2) is 6.05. The lowest BCUT2D eigenvalue weighted by molar-refractivity contribution is 0.273. The smallest absolute Gasteiger partial charge is 0.0409 e. The van der Waals surface area contributed by atoms with Crippen molar-refractivity contribution in [1.82, 2.24) is 4.90 Å². The molecule has 100 valence electrons. The first-order valence-corrected chi connectivity index (χ1v) is 7.17. The average molecular weight is 267 g/mol. The van der Waals surface area contributed by atoms with Gasteiger partial charge in [-0.05, 0) is 50.6 Å². The van der Waals surface area contributed by atoms with E-state index in [4.69, 9.17) is 17.3 Å². The van der Waals surface area contributed by atoms with E-state index in [0.29, 0.717) is 0 Å². The van der Waals surface area contributed by atoms with Gasteiger partial charge in [0.1, 0.15) is 0 Å². The molecule has 1 saturated carbocycles. The van der Waals surface area contributed by atoms with Gasteiger partial charge in [0, 0.05) is 17.1 Å². The summed E-state index contributed by atoms with van der Waals surface area (Å²) in [6.07, 6.45) is 6.09. The number of hydrogen-bond donors (Lipinski definition) is 1. The third-order valence-electron chi connectivity index (χ3n) is 3.93. The highest BCUT2D eigenvalue weighted by Crippen LogP contribution is 2.30. The Bertz CT molecular complexity index is 386. The number of nitrogens with zero attached hydrogens (tertiary/aromatic N) is 1. The van der Waals surface area contributed by atoms with E-state index < -0.39 is 0 Å². The zero-order valence-electron chi connectivity index (χ0n) is 11.2. The van der Waals surface area contributed by atoms with Gasteiger partial charge in [0.25, 0.3) is 0 Å². The predicted octanol–water partition coefficient (Wildman–Crippen LogP) is 3.43. The van der Waals surface area contributed by atoms with Crippen LogP contribution in [0.4, 0.5) is 0 Å². The first-order chi connectivity index (χ1) is 8.57. The third-order valence-corrected chi connectivity index (χ3v) is 4.17. The molecule has 0 heterocycles. The monoisotopic (exact) mass is 266 g/mol. The van der Waals surface area contributed by atoms with Crippen molar-refractivity contribution < 1.29 is 0 Å². The highest BCUT2D eigenvalue weighted by molar-refractivity contribution is 6.30. The maximum Gasteiger partial charge on any atom is 0.0409 e. The first kappa shape index (κ1) is 13.9. The predicted molar refractivity (Wildman–Crippen MR) is 77.8 cm³/mol. The van der Waals surface area contributed by atoms with Crippen LogP contribution in [0.5, 0.6) is 0 Å². The van der Waals surface area contributed by atoms with Gasteiger partial charge >= 0.3 is 0 Å². The van der Waals surface area contributed by atoms with Gasteiger partial charge < -0.3 is 10.6 Å². The maximum atomic E-state index is 6.38. The Morgan fingerprint density at radius 1 is 1.33 bits per heavy atom. The van der Waals surface area contributed by atoms with Gasteiger partial charge in [-0.15, -0.1) is 0 Å². The topological polar surface area (TPSA) is 29.3 Å². The van der Waals surface area contributed by atoms with E-state index in [0.717, 1.165) is 24.5 Å². The first-order valence-electron chi connectivity index (χ1n) is 6.79. The number of benzene rings is 1. The Hall–Kier alpha value is -0.570. The van der Waals surface area contributed by atoms with E-state index >= 15 is 0 Å². The van der Waals surface area contributed by atoms with Gasteiger partial charge in [0.15, 0.2) is 0 Å².